The van der Waals surface area contributed by atoms with E-state index < -0.39 is 5.60 Å². The molecule has 1 aliphatic heterocycles. The summed E-state index contributed by atoms with van der Waals surface area (Å²) in [6, 6.07) is 15.0. The Morgan fingerprint density at radius 2 is 1.81 bits per heavy atom. The molecule has 42 heavy (non-hydrogen) atoms. The van der Waals surface area contributed by atoms with Gasteiger partial charge in [0.1, 0.15) is 40.4 Å². The highest BCUT2D eigenvalue weighted by atomic mass is 16.6. The number of aromatic nitrogens is 3. The normalized spacial score (nSPS) is 13.5. The summed E-state index contributed by atoms with van der Waals surface area (Å²) in [4.78, 5) is 30.1. The Bertz CT molecular complexity index is 1610. The van der Waals surface area contributed by atoms with Crippen LogP contribution < -0.4 is 20.3 Å². The summed E-state index contributed by atoms with van der Waals surface area (Å²) in [5, 5.41) is 9.96. The lowest BCUT2D eigenvalue weighted by Crippen LogP contribution is -2.50. The Hall–Kier alpha value is -5.00. The van der Waals surface area contributed by atoms with Crippen LogP contribution in [0.2, 0.25) is 0 Å². The van der Waals surface area contributed by atoms with Gasteiger partial charge in [-0.15, -0.1) is 0 Å². The van der Waals surface area contributed by atoms with Gasteiger partial charge in [0.05, 0.1) is 11.2 Å². The number of nitrogens with zero attached hydrogens (tertiary/aromatic N) is 6. The molecule has 4 aromatic rings. The number of carbonyl (C=O) groups is 1. The molecule has 2 aromatic carbocycles. The fraction of sp³-hybridized carbons (Fsp3) is 0.333. The topological polar surface area (TPSA) is 141 Å². The van der Waals surface area contributed by atoms with Crippen molar-refractivity contribution >= 4 is 45.8 Å². The summed E-state index contributed by atoms with van der Waals surface area (Å²) in [6.07, 6.45) is 1.22. The predicted molar refractivity (Wildman–Crippen MR) is 163 cm³/mol. The molecule has 12 heteroatoms. The number of rotatable bonds is 7. The number of amides is 1. The fourth-order valence-corrected chi connectivity index (χ4v) is 4.63. The van der Waals surface area contributed by atoms with Crippen molar-refractivity contribution in [1.82, 2.24) is 19.9 Å². The Morgan fingerprint density at radius 1 is 1.02 bits per heavy atom. The lowest BCUT2D eigenvalue weighted by molar-refractivity contribution is 0.0240. The Morgan fingerprint density at radius 3 is 2.50 bits per heavy atom. The molecule has 1 amide bonds. The number of nitrogens with one attached hydrogen (secondary N) is 3. The van der Waals surface area contributed by atoms with Crippen LogP contribution in [0.15, 0.2) is 60.0 Å². The highest BCUT2D eigenvalue weighted by Crippen LogP contribution is 2.34. The highest BCUT2D eigenvalue weighted by Gasteiger charge is 2.26. The minimum atomic E-state index is -0.523. The molecule has 3 N–H and O–H groups in total. The van der Waals surface area contributed by atoms with E-state index in [1.807, 2.05) is 70.2 Å². The van der Waals surface area contributed by atoms with Crippen LogP contribution in [0.25, 0.3) is 11.0 Å². The molecule has 1 fully saturated rings. The van der Waals surface area contributed by atoms with Gasteiger partial charge in [-0.25, -0.2) is 25.3 Å². The van der Waals surface area contributed by atoms with Crippen LogP contribution in [-0.2, 0) is 4.74 Å². The van der Waals surface area contributed by atoms with Gasteiger partial charge in [-0.3, -0.25) is 0 Å². The quantitative estimate of drug-likeness (QED) is 0.209. The molecule has 3 heterocycles. The summed E-state index contributed by atoms with van der Waals surface area (Å²) < 4.78 is 11.6. The molecule has 0 unspecified atom stereocenters. The van der Waals surface area contributed by atoms with E-state index in [1.54, 1.807) is 18.0 Å². The van der Waals surface area contributed by atoms with Gasteiger partial charge in [-0.1, -0.05) is 0 Å². The first-order valence-corrected chi connectivity index (χ1v) is 13.7. The van der Waals surface area contributed by atoms with Crippen molar-refractivity contribution in [3.63, 3.8) is 0 Å². The third-order valence-electron chi connectivity index (χ3n) is 6.75. The number of ether oxygens (including phenoxy) is 2. The van der Waals surface area contributed by atoms with E-state index in [2.05, 4.69) is 30.6 Å². The van der Waals surface area contributed by atoms with Gasteiger partial charge in [0, 0.05) is 45.0 Å². The minimum absolute atomic E-state index is 0.292. The van der Waals surface area contributed by atoms with Gasteiger partial charge in [0.15, 0.2) is 5.82 Å². The molecular weight excluding hydrogens is 534 g/mol. The maximum absolute atomic E-state index is 12.5. The molecule has 0 spiro atoms. The number of pyridine rings is 1. The van der Waals surface area contributed by atoms with Crippen LogP contribution >= 0.6 is 0 Å². The summed E-state index contributed by atoms with van der Waals surface area (Å²) in [6.45, 7) is 9.96. The molecule has 1 aliphatic rings. The third-order valence-corrected chi connectivity index (χ3v) is 6.75. The zero-order valence-electron chi connectivity index (χ0n) is 24.4. The Balaban J connectivity index is 1.30. The van der Waals surface area contributed by atoms with Crippen LogP contribution in [-0.4, -0.2) is 64.8 Å². The van der Waals surface area contributed by atoms with E-state index in [0.717, 1.165) is 28.3 Å². The van der Waals surface area contributed by atoms with Crippen molar-refractivity contribution in [1.29, 1.82) is 5.53 Å². The van der Waals surface area contributed by atoms with Crippen LogP contribution in [0.4, 0.5) is 33.5 Å². The standard InChI is InChI=1S/C30H35N9O3/c1-19-16-20(6-10-25(19)41-21-7-8-22(32-5)24(17-21)37-31)35-28-27-23(33-18-34-28)9-11-26(36-27)38-12-14-39(15-13-38)29(40)42-30(2,3)4/h6-11,16-18,31-32H,12-15H2,1-5H3,(H,33,34,35). The number of benzene rings is 2. The average molecular weight is 570 g/mol. The first-order valence-electron chi connectivity index (χ1n) is 13.7. The first kappa shape index (κ1) is 28.5. The number of aryl methyl sites for hydroxylation is 1. The molecule has 12 nitrogen and oxygen atoms in total. The van der Waals surface area contributed by atoms with Crippen molar-refractivity contribution in [2.24, 2.45) is 5.11 Å². The highest BCUT2D eigenvalue weighted by molar-refractivity contribution is 5.88. The molecule has 0 saturated carbocycles. The molecule has 218 valence electrons. The SMILES string of the molecule is CNc1ccc(Oc2ccc(Nc3ncnc4ccc(N5CCN(C(=O)OC(C)(C)C)CC5)nc34)cc2C)cc1N=N. The third kappa shape index (κ3) is 6.48. The fourth-order valence-electron chi connectivity index (χ4n) is 4.63. The molecule has 1 saturated heterocycles. The lowest BCUT2D eigenvalue weighted by Gasteiger charge is -2.36. The molecular formula is C30H35N9O3. The van der Waals surface area contributed by atoms with E-state index in [1.165, 1.54) is 6.33 Å². The second kappa shape index (κ2) is 11.9. The van der Waals surface area contributed by atoms with Crippen molar-refractivity contribution in [3.05, 3.63) is 60.4 Å². The van der Waals surface area contributed by atoms with Gasteiger partial charge < -0.3 is 29.9 Å². The Kier molecular flexibility index (Phi) is 8.05. The number of fused-ring (bicyclic) bond motifs is 1. The zero-order chi connectivity index (χ0) is 29.9. The monoisotopic (exact) mass is 569 g/mol. The van der Waals surface area contributed by atoms with Crippen LogP contribution in [0.3, 0.4) is 0 Å². The van der Waals surface area contributed by atoms with E-state index in [9.17, 15) is 4.79 Å². The maximum Gasteiger partial charge on any atom is 0.410 e. The van der Waals surface area contributed by atoms with E-state index in [0.29, 0.717) is 54.7 Å². The summed E-state index contributed by atoms with van der Waals surface area (Å²) in [7, 11) is 1.78. The minimum Gasteiger partial charge on any atom is -0.457 e. The van der Waals surface area contributed by atoms with Crippen molar-refractivity contribution in [3.8, 4) is 11.5 Å². The second-order valence-corrected chi connectivity index (χ2v) is 11.0. The molecule has 0 atom stereocenters. The van der Waals surface area contributed by atoms with Crippen molar-refractivity contribution < 1.29 is 14.3 Å². The molecule has 0 aliphatic carbocycles. The number of piperazine rings is 1. The lowest BCUT2D eigenvalue weighted by atomic mass is 10.2. The molecule has 5 rings (SSSR count). The van der Waals surface area contributed by atoms with Gasteiger partial charge in [-0.2, -0.15) is 5.11 Å². The smallest absolute Gasteiger partial charge is 0.410 e. The number of carbonyl (C=O) groups excluding carboxylic acids is 1. The van der Waals surface area contributed by atoms with Gasteiger partial charge in [0.2, 0.25) is 0 Å². The Labute approximate surface area is 244 Å². The van der Waals surface area contributed by atoms with E-state index >= 15 is 0 Å². The summed E-state index contributed by atoms with van der Waals surface area (Å²) >= 11 is 0. The largest absolute Gasteiger partial charge is 0.457 e. The number of hydrogen-bond donors (Lipinski definition) is 3. The van der Waals surface area contributed by atoms with Gasteiger partial charge in [0.25, 0.3) is 0 Å². The van der Waals surface area contributed by atoms with Gasteiger partial charge in [-0.05, 0) is 75.7 Å². The number of hydrogen-bond acceptors (Lipinski definition) is 11. The van der Waals surface area contributed by atoms with E-state index in [-0.39, 0.29) is 6.09 Å². The van der Waals surface area contributed by atoms with Gasteiger partial charge >= 0.3 is 6.09 Å². The second-order valence-electron chi connectivity index (χ2n) is 11.0. The first-order chi connectivity index (χ1) is 20.1. The molecule has 0 radical (unpaired) electrons. The number of anilines is 4. The maximum atomic E-state index is 12.5. The van der Waals surface area contributed by atoms with E-state index in [4.69, 9.17) is 20.0 Å². The molecule has 2 aromatic heterocycles. The predicted octanol–water partition coefficient (Wildman–Crippen LogP) is 6.63. The molecule has 0 bridgehead atoms. The summed E-state index contributed by atoms with van der Waals surface area (Å²) in [5.74, 6) is 2.67. The zero-order valence-corrected chi connectivity index (χ0v) is 24.4. The van der Waals surface area contributed by atoms with Crippen LogP contribution in [0, 0.1) is 12.5 Å². The van der Waals surface area contributed by atoms with Crippen molar-refractivity contribution in [2.45, 2.75) is 33.3 Å². The van der Waals surface area contributed by atoms with Crippen LogP contribution in [0.5, 0.6) is 11.5 Å². The van der Waals surface area contributed by atoms with Crippen LogP contribution in [0.1, 0.15) is 26.3 Å². The average Bonchev–Trinajstić information content (AvgIpc) is 2.97. The van der Waals surface area contributed by atoms with Crippen molar-refractivity contribution in [2.75, 3.05) is 48.8 Å². The summed E-state index contributed by atoms with van der Waals surface area (Å²) in [5.41, 5.74) is 11.2.